The summed E-state index contributed by atoms with van der Waals surface area (Å²) in [6.07, 6.45) is 0.326. The third-order valence-electron chi connectivity index (χ3n) is 2.69. The number of carbonyl (C=O) groups excluding carboxylic acids is 1. The van der Waals surface area contributed by atoms with Crippen molar-refractivity contribution in [2.45, 2.75) is 38.8 Å². The Kier molecular flexibility index (Phi) is 4.04. The van der Waals surface area contributed by atoms with Crippen LogP contribution in [0.1, 0.15) is 26.3 Å². The summed E-state index contributed by atoms with van der Waals surface area (Å²) in [7, 11) is 0. The second kappa shape index (κ2) is 5.41. The van der Waals surface area contributed by atoms with E-state index >= 15 is 0 Å². The second-order valence-electron chi connectivity index (χ2n) is 5.57. The van der Waals surface area contributed by atoms with Gasteiger partial charge in [0, 0.05) is 16.5 Å². The Bertz CT molecular complexity index is 482. The number of nitrogens with one attached hydrogen (secondary N) is 1. The molecule has 1 aliphatic rings. The topological polar surface area (TPSA) is 47.6 Å². The summed E-state index contributed by atoms with van der Waals surface area (Å²) >= 11 is 3.50. The molecule has 1 aliphatic heterocycles. The van der Waals surface area contributed by atoms with Gasteiger partial charge in [-0.25, -0.2) is 4.79 Å². The number of hydrogen-bond donors (Lipinski definition) is 1. The summed E-state index contributed by atoms with van der Waals surface area (Å²) in [5.74, 6) is 0.872. The van der Waals surface area contributed by atoms with Gasteiger partial charge in [0.05, 0.1) is 6.04 Å². The molecular weight excluding hydrogens is 310 g/mol. The number of rotatable bonds is 1. The summed E-state index contributed by atoms with van der Waals surface area (Å²) in [6, 6.07) is 5.77. The molecule has 0 bridgehead atoms. The first-order valence-corrected chi connectivity index (χ1v) is 7.04. The number of alkyl carbamates (subject to hydrolysis) is 1. The fourth-order valence-electron chi connectivity index (χ4n) is 1.93. The summed E-state index contributed by atoms with van der Waals surface area (Å²) in [4.78, 5) is 11.7. The molecule has 1 atom stereocenters. The fourth-order valence-corrected chi connectivity index (χ4v) is 2.44. The van der Waals surface area contributed by atoms with E-state index in [0.29, 0.717) is 6.61 Å². The molecule has 5 heteroatoms. The average Bonchev–Trinajstić information content (AvgIpc) is 2.27. The molecule has 4 nitrogen and oxygen atoms in total. The highest BCUT2D eigenvalue weighted by Crippen LogP contribution is 2.31. The Morgan fingerprint density at radius 2 is 2.21 bits per heavy atom. The molecule has 0 fully saturated rings. The zero-order valence-electron chi connectivity index (χ0n) is 11.3. The van der Waals surface area contributed by atoms with Gasteiger partial charge in [-0.15, -0.1) is 0 Å². The van der Waals surface area contributed by atoms with Gasteiger partial charge in [0.1, 0.15) is 18.0 Å². The van der Waals surface area contributed by atoms with E-state index < -0.39 is 11.7 Å². The van der Waals surface area contributed by atoms with Crippen LogP contribution in [0.3, 0.4) is 0 Å². The summed E-state index contributed by atoms with van der Waals surface area (Å²) in [5, 5.41) is 2.84. The first-order valence-electron chi connectivity index (χ1n) is 6.25. The Labute approximate surface area is 121 Å². The van der Waals surface area contributed by atoms with E-state index in [1.807, 2.05) is 39.0 Å². The lowest BCUT2D eigenvalue weighted by Gasteiger charge is -2.28. The molecule has 1 N–H and O–H groups in total. The molecule has 0 spiro atoms. The molecule has 2 rings (SSSR count). The van der Waals surface area contributed by atoms with Gasteiger partial charge in [0.15, 0.2) is 0 Å². The normalized spacial score (nSPS) is 18.2. The van der Waals surface area contributed by atoms with Crippen LogP contribution < -0.4 is 10.1 Å². The molecule has 104 valence electrons. The molecule has 19 heavy (non-hydrogen) atoms. The zero-order valence-corrected chi connectivity index (χ0v) is 12.9. The molecular formula is C14H18BrNO3. The Balaban J connectivity index is 1.99. The van der Waals surface area contributed by atoms with Crippen molar-refractivity contribution in [3.05, 3.63) is 28.2 Å². The number of halogens is 1. The molecule has 0 saturated carbocycles. The molecule has 0 radical (unpaired) electrons. The van der Waals surface area contributed by atoms with Crippen LogP contribution in [-0.4, -0.2) is 24.3 Å². The summed E-state index contributed by atoms with van der Waals surface area (Å²) < 4.78 is 11.9. The van der Waals surface area contributed by atoms with Gasteiger partial charge >= 0.3 is 6.09 Å². The average molecular weight is 328 g/mol. The van der Waals surface area contributed by atoms with Crippen LogP contribution in [0.2, 0.25) is 0 Å². The van der Waals surface area contributed by atoms with Crippen molar-refractivity contribution >= 4 is 22.0 Å². The molecule has 0 aliphatic carbocycles. The highest BCUT2D eigenvalue weighted by Gasteiger charge is 2.25. The first kappa shape index (κ1) is 14.2. The van der Waals surface area contributed by atoms with E-state index in [-0.39, 0.29) is 6.04 Å². The van der Waals surface area contributed by atoms with Crippen molar-refractivity contribution in [3.8, 4) is 5.75 Å². The van der Waals surface area contributed by atoms with Crippen molar-refractivity contribution < 1.29 is 14.3 Å². The van der Waals surface area contributed by atoms with Gasteiger partial charge in [-0.05, 0) is 32.9 Å². The maximum Gasteiger partial charge on any atom is 0.408 e. The van der Waals surface area contributed by atoms with Crippen molar-refractivity contribution in [3.63, 3.8) is 0 Å². The van der Waals surface area contributed by atoms with Gasteiger partial charge in [0.25, 0.3) is 0 Å². The van der Waals surface area contributed by atoms with E-state index in [2.05, 4.69) is 21.2 Å². The minimum atomic E-state index is -0.488. The minimum absolute atomic E-state index is 0.0685. The third kappa shape index (κ3) is 3.86. The molecule has 1 amide bonds. The largest absolute Gasteiger partial charge is 0.491 e. The smallest absolute Gasteiger partial charge is 0.408 e. The van der Waals surface area contributed by atoms with Gasteiger partial charge < -0.3 is 14.8 Å². The lowest BCUT2D eigenvalue weighted by molar-refractivity contribution is 0.0481. The number of ether oxygens (including phenoxy) is 2. The van der Waals surface area contributed by atoms with E-state index in [9.17, 15) is 4.79 Å². The Hall–Kier alpha value is -1.23. The molecule has 1 aromatic rings. The maximum absolute atomic E-state index is 11.7. The van der Waals surface area contributed by atoms with E-state index in [1.54, 1.807) is 0 Å². The third-order valence-corrected chi connectivity index (χ3v) is 3.43. The highest BCUT2D eigenvalue weighted by atomic mass is 79.9. The second-order valence-corrected chi connectivity index (χ2v) is 6.43. The van der Waals surface area contributed by atoms with Crippen LogP contribution >= 0.6 is 15.9 Å². The molecule has 1 unspecified atom stereocenters. The summed E-state index contributed by atoms with van der Waals surface area (Å²) in [6.45, 7) is 5.99. The predicted octanol–water partition coefficient (Wildman–Crippen LogP) is 3.28. The van der Waals surface area contributed by atoms with Crippen molar-refractivity contribution in [1.82, 2.24) is 5.32 Å². The monoisotopic (exact) mass is 327 g/mol. The van der Waals surface area contributed by atoms with Crippen LogP contribution in [0.25, 0.3) is 0 Å². The molecule has 1 heterocycles. The van der Waals surface area contributed by atoms with E-state index in [1.165, 1.54) is 0 Å². The standard InChI is InChI=1S/C14H18BrNO3/c1-14(2,3)19-13(17)16-9-7-10-11(15)5-4-6-12(10)18-8-9/h4-6,9H,7-8H2,1-3H3,(H,16,17). The zero-order chi connectivity index (χ0) is 14.0. The predicted molar refractivity (Wildman–Crippen MR) is 76.5 cm³/mol. The van der Waals surface area contributed by atoms with Gasteiger partial charge in [-0.3, -0.25) is 0 Å². The minimum Gasteiger partial charge on any atom is -0.491 e. The van der Waals surface area contributed by atoms with Crippen LogP contribution in [0.4, 0.5) is 4.79 Å². The molecule has 0 aromatic heterocycles. The van der Waals surface area contributed by atoms with Crippen LogP contribution in [0.5, 0.6) is 5.75 Å². The number of fused-ring (bicyclic) bond motifs is 1. The van der Waals surface area contributed by atoms with Gasteiger partial charge in [0.2, 0.25) is 0 Å². The number of benzene rings is 1. The summed E-state index contributed by atoms with van der Waals surface area (Å²) in [5.41, 5.74) is 0.591. The quantitative estimate of drug-likeness (QED) is 0.861. The Morgan fingerprint density at radius 1 is 1.47 bits per heavy atom. The van der Waals surface area contributed by atoms with E-state index in [0.717, 1.165) is 22.2 Å². The van der Waals surface area contributed by atoms with Crippen LogP contribution in [0.15, 0.2) is 22.7 Å². The van der Waals surface area contributed by atoms with Crippen molar-refractivity contribution in [2.75, 3.05) is 6.61 Å². The maximum atomic E-state index is 11.7. The van der Waals surface area contributed by atoms with Crippen molar-refractivity contribution in [1.29, 1.82) is 0 Å². The lowest BCUT2D eigenvalue weighted by atomic mass is 10.0. The van der Waals surface area contributed by atoms with E-state index in [4.69, 9.17) is 9.47 Å². The molecule has 0 saturated heterocycles. The van der Waals surface area contributed by atoms with Gasteiger partial charge in [-0.1, -0.05) is 22.0 Å². The lowest BCUT2D eigenvalue weighted by Crippen LogP contribution is -2.45. The van der Waals surface area contributed by atoms with Crippen LogP contribution in [0, 0.1) is 0 Å². The van der Waals surface area contributed by atoms with Gasteiger partial charge in [-0.2, -0.15) is 0 Å². The SMILES string of the molecule is CC(C)(C)OC(=O)NC1COc2cccc(Br)c2C1. The Morgan fingerprint density at radius 3 is 2.89 bits per heavy atom. The highest BCUT2D eigenvalue weighted by molar-refractivity contribution is 9.10. The number of carbonyl (C=O) groups is 1. The number of hydrogen-bond acceptors (Lipinski definition) is 3. The van der Waals surface area contributed by atoms with Crippen molar-refractivity contribution in [2.24, 2.45) is 0 Å². The fraction of sp³-hybridized carbons (Fsp3) is 0.500. The first-order chi connectivity index (χ1) is 8.85. The van der Waals surface area contributed by atoms with Crippen LogP contribution in [-0.2, 0) is 11.2 Å². The molecule has 1 aromatic carbocycles. The number of amides is 1.